The Bertz CT molecular complexity index is 928. The molecule has 1 aromatic carbocycles. The molecule has 0 unspecified atom stereocenters. The summed E-state index contributed by atoms with van der Waals surface area (Å²) in [5.41, 5.74) is 3.50. The van der Waals surface area contributed by atoms with Crippen molar-refractivity contribution in [3.05, 3.63) is 71.7 Å². The summed E-state index contributed by atoms with van der Waals surface area (Å²) in [6.07, 6.45) is 6.31. The second kappa shape index (κ2) is 7.95. The van der Waals surface area contributed by atoms with E-state index in [9.17, 15) is 4.79 Å². The number of fused-ring (bicyclic) bond motifs is 1. The second-order valence-corrected chi connectivity index (χ2v) is 6.49. The first-order valence-electron chi connectivity index (χ1n) is 9.18. The van der Waals surface area contributed by atoms with E-state index in [0.29, 0.717) is 18.1 Å². The Labute approximate surface area is 158 Å². The van der Waals surface area contributed by atoms with Crippen molar-refractivity contribution in [2.45, 2.75) is 19.3 Å². The van der Waals surface area contributed by atoms with Crippen LogP contribution in [0.15, 0.2) is 54.9 Å². The zero-order valence-electron chi connectivity index (χ0n) is 15.0. The largest absolute Gasteiger partial charge is 0.370 e. The third-order valence-electron chi connectivity index (χ3n) is 4.57. The van der Waals surface area contributed by atoms with Gasteiger partial charge in [0.25, 0.3) is 5.91 Å². The van der Waals surface area contributed by atoms with Gasteiger partial charge < -0.3 is 10.6 Å². The number of carbonyl (C=O) groups is 1. The molecule has 1 aliphatic rings. The number of carbonyl (C=O) groups excluding carboxylic acids is 1. The van der Waals surface area contributed by atoms with Crippen molar-refractivity contribution < 1.29 is 4.79 Å². The van der Waals surface area contributed by atoms with Gasteiger partial charge in [-0.05, 0) is 30.9 Å². The van der Waals surface area contributed by atoms with Gasteiger partial charge in [0.2, 0.25) is 0 Å². The molecule has 6 nitrogen and oxygen atoms in total. The first-order valence-corrected chi connectivity index (χ1v) is 9.18. The molecule has 0 aliphatic carbocycles. The maximum absolute atomic E-state index is 12.3. The van der Waals surface area contributed by atoms with Crippen molar-refractivity contribution in [1.82, 2.24) is 20.3 Å². The van der Waals surface area contributed by atoms with Crippen LogP contribution in [0.1, 0.15) is 28.0 Å². The molecule has 136 valence electrons. The Balaban J connectivity index is 1.55. The Morgan fingerprint density at radius 2 is 1.96 bits per heavy atom. The predicted octanol–water partition coefficient (Wildman–Crippen LogP) is 2.87. The number of hydrogen-bond acceptors (Lipinski definition) is 5. The molecule has 0 fully saturated rings. The van der Waals surface area contributed by atoms with Gasteiger partial charge in [0, 0.05) is 36.6 Å². The van der Waals surface area contributed by atoms with E-state index in [2.05, 4.69) is 26.7 Å². The Morgan fingerprint density at radius 3 is 2.78 bits per heavy atom. The van der Waals surface area contributed by atoms with Crippen LogP contribution in [0, 0.1) is 0 Å². The second-order valence-electron chi connectivity index (χ2n) is 6.49. The van der Waals surface area contributed by atoms with Crippen LogP contribution < -0.4 is 10.6 Å². The summed E-state index contributed by atoms with van der Waals surface area (Å²) in [5, 5.41) is 6.29. The van der Waals surface area contributed by atoms with Crippen molar-refractivity contribution in [2.24, 2.45) is 0 Å². The summed E-state index contributed by atoms with van der Waals surface area (Å²) in [7, 11) is 0. The van der Waals surface area contributed by atoms with Crippen LogP contribution in [-0.2, 0) is 12.8 Å². The molecule has 0 radical (unpaired) electrons. The zero-order valence-corrected chi connectivity index (χ0v) is 15.0. The molecule has 0 bridgehead atoms. The topological polar surface area (TPSA) is 79.8 Å². The fourth-order valence-corrected chi connectivity index (χ4v) is 3.20. The number of anilines is 1. The van der Waals surface area contributed by atoms with Crippen molar-refractivity contribution in [3.8, 4) is 11.4 Å². The highest BCUT2D eigenvalue weighted by atomic mass is 16.1. The van der Waals surface area contributed by atoms with Gasteiger partial charge in [-0.25, -0.2) is 9.97 Å². The van der Waals surface area contributed by atoms with Crippen molar-refractivity contribution >= 4 is 11.7 Å². The lowest BCUT2D eigenvalue weighted by Gasteiger charge is -2.20. The molecule has 27 heavy (non-hydrogen) atoms. The molecule has 0 atom stereocenters. The number of aryl methyl sites for hydroxylation is 1. The summed E-state index contributed by atoms with van der Waals surface area (Å²) >= 11 is 0. The van der Waals surface area contributed by atoms with E-state index in [1.807, 2.05) is 42.6 Å². The van der Waals surface area contributed by atoms with Crippen LogP contribution in [0.4, 0.5) is 5.82 Å². The molecular weight excluding hydrogens is 338 g/mol. The highest BCUT2D eigenvalue weighted by Crippen LogP contribution is 2.24. The first kappa shape index (κ1) is 17.1. The summed E-state index contributed by atoms with van der Waals surface area (Å²) in [5.74, 6) is 1.20. The SMILES string of the molecule is O=C1NCCc2c(NCCCc3cccnc3)nc(-c3ccccc3)nc21. The summed E-state index contributed by atoms with van der Waals surface area (Å²) < 4.78 is 0. The van der Waals surface area contributed by atoms with E-state index in [0.717, 1.165) is 42.8 Å². The number of aromatic nitrogens is 3. The molecule has 0 saturated carbocycles. The molecule has 1 aliphatic heterocycles. The maximum atomic E-state index is 12.3. The average molecular weight is 359 g/mol. The number of hydrogen-bond donors (Lipinski definition) is 2. The standard InChI is InChI=1S/C21H21N5O/c27-21-18-17(10-13-24-21)20(23-12-5-7-15-6-4-11-22-14-15)26-19(25-18)16-8-2-1-3-9-16/h1-4,6,8-9,11,14H,5,7,10,12-13H2,(H,24,27)(H,23,25,26). The first-order chi connectivity index (χ1) is 13.3. The minimum absolute atomic E-state index is 0.130. The Kier molecular flexibility index (Phi) is 5.05. The molecule has 0 spiro atoms. The van der Waals surface area contributed by atoms with E-state index >= 15 is 0 Å². The number of nitrogens with one attached hydrogen (secondary N) is 2. The molecule has 2 aromatic heterocycles. The Hall–Kier alpha value is -3.28. The zero-order chi connectivity index (χ0) is 18.5. The van der Waals surface area contributed by atoms with Crippen LogP contribution in [0.25, 0.3) is 11.4 Å². The van der Waals surface area contributed by atoms with Crippen LogP contribution in [0.5, 0.6) is 0 Å². The predicted molar refractivity (Wildman–Crippen MR) is 105 cm³/mol. The Morgan fingerprint density at radius 1 is 1.07 bits per heavy atom. The summed E-state index contributed by atoms with van der Waals surface area (Å²) in [6, 6.07) is 13.8. The summed E-state index contributed by atoms with van der Waals surface area (Å²) in [4.78, 5) is 25.7. The van der Waals surface area contributed by atoms with Gasteiger partial charge in [0.15, 0.2) is 5.82 Å². The lowest BCUT2D eigenvalue weighted by molar-refractivity contribution is 0.0940. The van der Waals surface area contributed by atoms with Crippen LogP contribution >= 0.6 is 0 Å². The lowest BCUT2D eigenvalue weighted by atomic mass is 10.1. The van der Waals surface area contributed by atoms with E-state index in [-0.39, 0.29) is 5.91 Å². The normalized spacial score (nSPS) is 13.0. The smallest absolute Gasteiger partial charge is 0.270 e. The van der Waals surface area contributed by atoms with Crippen molar-refractivity contribution in [1.29, 1.82) is 0 Å². The molecule has 2 N–H and O–H groups in total. The monoisotopic (exact) mass is 359 g/mol. The average Bonchev–Trinajstić information content (AvgIpc) is 2.73. The van der Waals surface area contributed by atoms with E-state index in [1.54, 1.807) is 6.20 Å². The van der Waals surface area contributed by atoms with Gasteiger partial charge in [0.05, 0.1) is 0 Å². The minimum Gasteiger partial charge on any atom is -0.370 e. The van der Waals surface area contributed by atoms with Gasteiger partial charge in [-0.1, -0.05) is 36.4 Å². The molecule has 4 rings (SSSR count). The molecule has 6 heteroatoms. The van der Waals surface area contributed by atoms with Gasteiger partial charge in [-0.15, -0.1) is 0 Å². The van der Waals surface area contributed by atoms with Gasteiger partial charge in [-0.3, -0.25) is 9.78 Å². The third-order valence-corrected chi connectivity index (χ3v) is 4.57. The van der Waals surface area contributed by atoms with E-state index in [1.165, 1.54) is 5.56 Å². The molecule has 1 amide bonds. The van der Waals surface area contributed by atoms with Crippen LogP contribution in [-0.4, -0.2) is 33.9 Å². The molecule has 3 heterocycles. The van der Waals surface area contributed by atoms with Crippen LogP contribution in [0.3, 0.4) is 0 Å². The van der Waals surface area contributed by atoms with Crippen LogP contribution in [0.2, 0.25) is 0 Å². The third kappa shape index (κ3) is 3.95. The highest BCUT2D eigenvalue weighted by molar-refractivity contribution is 5.96. The van der Waals surface area contributed by atoms with Crippen molar-refractivity contribution in [3.63, 3.8) is 0 Å². The van der Waals surface area contributed by atoms with Crippen molar-refractivity contribution in [2.75, 3.05) is 18.4 Å². The fourth-order valence-electron chi connectivity index (χ4n) is 3.20. The lowest BCUT2D eigenvalue weighted by Crippen LogP contribution is -2.34. The number of nitrogens with zero attached hydrogens (tertiary/aromatic N) is 3. The quantitative estimate of drug-likeness (QED) is 0.662. The fraction of sp³-hybridized carbons (Fsp3) is 0.238. The number of benzene rings is 1. The van der Waals surface area contributed by atoms with Gasteiger partial charge >= 0.3 is 0 Å². The highest BCUT2D eigenvalue weighted by Gasteiger charge is 2.23. The van der Waals surface area contributed by atoms with Gasteiger partial charge in [-0.2, -0.15) is 0 Å². The number of rotatable bonds is 6. The number of pyridine rings is 1. The summed E-state index contributed by atoms with van der Waals surface area (Å²) in [6.45, 7) is 1.39. The van der Waals surface area contributed by atoms with Gasteiger partial charge in [0.1, 0.15) is 11.5 Å². The van der Waals surface area contributed by atoms with E-state index in [4.69, 9.17) is 4.98 Å². The molecule has 3 aromatic rings. The minimum atomic E-state index is -0.130. The van der Waals surface area contributed by atoms with E-state index < -0.39 is 0 Å². The number of amides is 1. The maximum Gasteiger partial charge on any atom is 0.270 e. The molecular formula is C21H21N5O. The molecule has 0 saturated heterocycles.